The molecule has 5 rings (SSSR count). The van der Waals surface area contributed by atoms with Gasteiger partial charge < -0.3 is 34.8 Å². The minimum atomic E-state index is -0.498. The molecule has 238 valence electrons. The molecule has 12 heteroatoms. The van der Waals surface area contributed by atoms with E-state index in [1.807, 2.05) is 69.9 Å². The Labute approximate surface area is 264 Å². The van der Waals surface area contributed by atoms with E-state index in [4.69, 9.17) is 19.4 Å². The van der Waals surface area contributed by atoms with E-state index in [1.54, 1.807) is 13.2 Å². The number of aryl methyl sites for hydroxylation is 1. The highest BCUT2D eigenvalue weighted by molar-refractivity contribution is 6.02. The first-order chi connectivity index (χ1) is 21.4. The second-order valence-corrected chi connectivity index (χ2v) is 12.2. The molecule has 1 aliphatic carbocycles. The van der Waals surface area contributed by atoms with Crippen LogP contribution >= 0.6 is 0 Å². The zero-order chi connectivity index (χ0) is 32.5. The number of fused-ring (bicyclic) bond motifs is 2. The second-order valence-electron chi connectivity index (χ2n) is 12.2. The molecule has 1 saturated carbocycles. The molecule has 0 bridgehead atoms. The highest BCUT2D eigenvalue weighted by Gasteiger charge is 2.54. The first kappa shape index (κ1) is 31.7. The summed E-state index contributed by atoms with van der Waals surface area (Å²) in [5.41, 5.74) is 5.00. The van der Waals surface area contributed by atoms with Crippen molar-refractivity contribution in [3.63, 3.8) is 0 Å². The van der Waals surface area contributed by atoms with Gasteiger partial charge in [-0.2, -0.15) is 4.98 Å². The molecular formula is C33H42N8O4. The number of ether oxygens (including phenoxy) is 2. The van der Waals surface area contributed by atoms with Crippen LogP contribution in [-0.2, 0) is 14.9 Å². The number of carbonyl (C=O) groups excluding carboxylic acids is 2. The molecule has 1 amide bonds. The lowest BCUT2D eigenvalue weighted by molar-refractivity contribution is -0.111. The van der Waals surface area contributed by atoms with Gasteiger partial charge in [0.05, 0.1) is 41.7 Å². The number of hydrogen-bond acceptors (Lipinski definition) is 11. The number of benzene rings is 1. The molecule has 0 saturated heterocycles. The van der Waals surface area contributed by atoms with Gasteiger partial charge in [0, 0.05) is 50.1 Å². The lowest BCUT2D eigenvalue weighted by Crippen LogP contribution is -2.29. The summed E-state index contributed by atoms with van der Waals surface area (Å²) in [6.45, 7) is 11.4. The molecule has 2 aromatic heterocycles. The predicted octanol–water partition coefficient (Wildman–Crippen LogP) is 4.80. The van der Waals surface area contributed by atoms with Crippen LogP contribution < -0.4 is 25.2 Å². The van der Waals surface area contributed by atoms with E-state index in [0.717, 1.165) is 42.1 Å². The van der Waals surface area contributed by atoms with Crippen molar-refractivity contribution < 1.29 is 19.1 Å². The Balaban J connectivity index is 1.56. The van der Waals surface area contributed by atoms with Gasteiger partial charge in [0.2, 0.25) is 11.9 Å². The summed E-state index contributed by atoms with van der Waals surface area (Å²) in [6.07, 6.45) is 4.46. The number of likely N-dealkylation sites (N-methyl/N-ethyl adjacent to an activating group) is 2. The van der Waals surface area contributed by atoms with E-state index in [2.05, 4.69) is 27.1 Å². The third kappa shape index (κ3) is 6.70. The van der Waals surface area contributed by atoms with Gasteiger partial charge in [-0.15, -0.1) is 0 Å². The third-order valence-electron chi connectivity index (χ3n) is 8.01. The fraction of sp³-hybridized carbons (Fsp3) is 0.424. The molecule has 45 heavy (non-hydrogen) atoms. The smallest absolute Gasteiger partial charge is 0.343 e. The number of hydrogen-bond donors (Lipinski definition) is 2. The van der Waals surface area contributed by atoms with Gasteiger partial charge >= 0.3 is 5.97 Å². The number of esters is 1. The van der Waals surface area contributed by atoms with Crippen molar-refractivity contribution in [1.82, 2.24) is 19.9 Å². The van der Waals surface area contributed by atoms with Crippen LogP contribution in [-0.4, -0.2) is 85.7 Å². The number of pyridine rings is 1. The summed E-state index contributed by atoms with van der Waals surface area (Å²) < 4.78 is 11.4. The maximum absolute atomic E-state index is 13.3. The van der Waals surface area contributed by atoms with E-state index in [9.17, 15) is 9.59 Å². The van der Waals surface area contributed by atoms with Crippen LogP contribution in [0.15, 0.2) is 43.1 Å². The first-order valence-corrected chi connectivity index (χ1v) is 15.1. The molecule has 1 fully saturated rings. The Morgan fingerprint density at radius 1 is 1.13 bits per heavy atom. The van der Waals surface area contributed by atoms with Crippen molar-refractivity contribution in [3.8, 4) is 5.75 Å². The zero-order valence-corrected chi connectivity index (χ0v) is 27.1. The fourth-order valence-corrected chi connectivity index (χ4v) is 5.44. The van der Waals surface area contributed by atoms with E-state index < -0.39 is 5.97 Å². The number of rotatable bonds is 12. The van der Waals surface area contributed by atoms with Crippen LogP contribution in [0.25, 0.3) is 0 Å². The Morgan fingerprint density at radius 3 is 2.53 bits per heavy atom. The normalized spacial score (nSPS) is 14.4. The Hall–Kier alpha value is -4.71. The average molecular weight is 615 g/mol. The standard InChI is InChI=1S/C33H42N8O4/c1-9-28(42)36-23-16-24(27(44-8)17-26(23)40(7)15-14-39(5)6)37-32-34-18-22(31(43)45-20(2)3)30(38-32)41-19-33(12-13-33)29-25(41)11-10-21(4)35-29/h9-11,16-18,20H,1,12-15,19H2,2-8H3,(H,36,42)(H,34,37,38). The number of nitrogens with zero attached hydrogens (tertiary/aromatic N) is 6. The van der Waals surface area contributed by atoms with Crippen molar-refractivity contribution in [2.24, 2.45) is 0 Å². The summed E-state index contributed by atoms with van der Waals surface area (Å²) in [5.74, 6) is 0.368. The minimum Gasteiger partial charge on any atom is -0.494 e. The van der Waals surface area contributed by atoms with Gasteiger partial charge in [-0.1, -0.05) is 6.58 Å². The van der Waals surface area contributed by atoms with Crippen LogP contribution in [0.5, 0.6) is 5.75 Å². The van der Waals surface area contributed by atoms with Gasteiger partial charge in [-0.3, -0.25) is 9.78 Å². The summed E-state index contributed by atoms with van der Waals surface area (Å²) in [6, 6.07) is 7.65. The van der Waals surface area contributed by atoms with Crippen molar-refractivity contribution in [2.75, 3.05) is 68.3 Å². The van der Waals surface area contributed by atoms with E-state index in [-0.39, 0.29) is 28.9 Å². The van der Waals surface area contributed by atoms with Gasteiger partial charge in [0.1, 0.15) is 11.3 Å². The second kappa shape index (κ2) is 12.7. The first-order valence-electron chi connectivity index (χ1n) is 15.1. The van der Waals surface area contributed by atoms with Gasteiger partial charge in [0.25, 0.3) is 0 Å². The third-order valence-corrected chi connectivity index (χ3v) is 8.01. The molecule has 1 aromatic carbocycles. The molecule has 0 radical (unpaired) electrons. The van der Waals surface area contributed by atoms with Crippen molar-refractivity contribution >= 4 is 46.4 Å². The molecule has 1 spiro atoms. The molecule has 2 aliphatic rings. The number of carbonyl (C=O) groups is 2. The monoisotopic (exact) mass is 614 g/mol. The van der Waals surface area contributed by atoms with Crippen molar-refractivity contribution in [3.05, 3.63) is 60.1 Å². The molecule has 3 aromatic rings. The fourth-order valence-electron chi connectivity index (χ4n) is 5.44. The lowest BCUT2D eigenvalue weighted by Gasteiger charge is -2.26. The van der Waals surface area contributed by atoms with E-state index in [0.29, 0.717) is 36.0 Å². The quantitative estimate of drug-likeness (QED) is 0.216. The van der Waals surface area contributed by atoms with Crippen molar-refractivity contribution in [2.45, 2.75) is 45.1 Å². The maximum Gasteiger partial charge on any atom is 0.343 e. The van der Waals surface area contributed by atoms with E-state index in [1.165, 1.54) is 12.3 Å². The summed E-state index contributed by atoms with van der Waals surface area (Å²) in [5, 5.41) is 6.18. The molecule has 0 atom stereocenters. The largest absolute Gasteiger partial charge is 0.494 e. The van der Waals surface area contributed by atoms with Crippen molar-refractivity contribution in [1.29, 1.82) is 0 Å². The molecule has 0 unspecified atom stereocenters. The molecular weight excluding hydrogens is 572 g/mol. The highest BCUT2D eigenvalue weighted by atomic mass is 16.5. The number of nitrogens with one attached hydrogen (secondary N) is 2. The number of amides is 1. The van der Waals surface area contributed by atoms with Crippen LogP contribution in [0.4, 0.5) is 34.5 Å². The Kier molecular flexibility index (Phi) is 8.96. The van der Waals surface area contributed by atoms with Gasteiger partial charge in [-0.25, -0.2) is 9.78 Å². The number of aromatic nitrogens is 3. The topological polar surface area (TPSA) is 125 Å². The summed E-state index contributed by atoms with van der Waals surface area (Å²) in [4.78, 5) is 46.1. The molecule has 3 heterocycles. The maximum atomic E-state index is 13.3. The van der Waals surface area contributed by atoms with Crippen LogP contribution in [0.2, 0.25) is 0 Å². The number of anilines is 6. The van der Waals surface area contributed by atoms with Gasteiger partial charge in [-0.05, 0) is 72.0 Å². The molecule has 2 N–H and O–H groups in total. The molecule has 1 aliphatic heterocycles. The molecule has 12 nitrogen and oxygen atoms in total. The summed E-state index contributed by atoms with van der Waals surface area (Å²) in [7, 11) is 7.55. The Morgan fingerprint density at radius 2 is 1.89 bits per heavy atom. The Bertz CT molecular complexity index is 1620. The zero-order valence-electron chi connectivity index (χ0n) is 27.1. The van der Waals surface area contributed by atoms with Crippen LogP contribution in [0, 0.1) is 6.92 Å². The highest BCUT2D eigenvalue weighted by Crippen LogP contribution is 2.57. The minimum absolute atomic E-state index is 0.0466. The van der Waals surface area contributed by atoms with Gasteiger partial charge in [0.15, 0.2) is 5.82 Å². The number of methoxy groups -OCH3 is 1. The van der Waals surface area contributed by atoms with Crippen LogP contribution in [0.1, 0.15) is 48.4 Å². The summed E-state index contributed by atoms with van der Waals surface area (Å²) >= 11 is 0. The average Bonchev–Trinajstić information content (AvgIpc) is 3.72. The lowest BCUT2D eigenvalue weighted by atomic mass is 10.0. The van der Waals surface area contributed by atoms with E-state index >= 15 is 0 Å². The van der Waals surface area contributed by atoms with Crippen LogP contribution in [0.3, 0.4) is 0 Å². The SMILES string of the molecule is C=CC(=O)Nc1cc(Nc2ncc(C(=O)OC(C)C)c(N3CC4(CC4)c4nc(C)ccc43)n2)c(OC)cc1N(C)CCN(C)C. The predicted molar refractivity (Wildman–Crippen MR) is 176 cm³/mol.